The molecule has 0 aliphatic carbocycles. The van der Waals surface area contributed by atoms with Crippen molar-refractivity contribution in [2.45, 2.75) is 44.4 Å². The lowest BCUT2D eigenvalue weighted by Gasteiger charge is -2.20. The first kappa shape index (κ1) is 24.9. The molecular formula is C25H31N5O4S. The van der Waals surface area contributed by atoms with Crippen LogP contribution >= 0.6 is 0 Å². The molecule has 0 radical (unpaired) electrons. The third kappa shape index (κ3) is 4.94. The van der Waals surface area contributed by atoms with Gasteiger partial charge in [-0.25, -0.2) is 13.4 Å². The van der Waals surface area contributed by atoms with Crippen LogP contribution in [0.3, 0.4) is 0 Å². The zero-order chi connectivity index (χ0) is 25.2. The molecule has 0 saturated carbocycles. The number of rotatable bonds is 9. The molecule has 4 rings (SSSR count). The van der Waals surface area contributed by atoms with Gasteiger partial charge in [-0.1, -0.05) is 26.0 Å². The molecule has 0 bridgehead atoms. The second-order valence-electron chi connectivity index (χ2n) is 8.54. The minimum Gasteiger partial charge on any atom is -0.331 e. The molecule has 0 atom stereocenters. The highest BCUT2D eigenvalue weighted by molar-refractivity contribution is 7.89. The van der Waals surface area contributed by atoms with Gasteiger partial charge in [-0.3, -0.25) is 9.59 Å². The summed E-state index contributed by atoms with van der Waals surface area (Å²) >= 11 is 0. The number of aromatic nitrogens is 2. The Kier molecular flexibility index (Phi) is 7.23. The Morgan fingerprint density at radius 3 is 2.57 bits per heavy atom. The van der Waals surface area contributed by atoms with Crippen LogP contribution in [0, 0.1) is 0 Å². The third-order valence-corrected chi connectivity index (χ3v) is 8.45. The molecule has 35 heavy (non-hydrogen) atoms. The van der Waals surface area contributed by atoms with Gasteiger partial charge in [0.1, 0.15) is 5.82 Å². The van der Waals surface area contributed by atoms with Crippen LogP contribution in [-0.4, -0.2) is 53.7 Å². The van der Waals surface area contributed by atoms with Crippen molar-refractivity contribution in [1.29, 1.82) is 0 Å². The number of hydrogen-bond donors (Lipinski definition) is 1. The average molecular weight is 498 g/mol. The van der Waals surface area contributed by atoms with E-state index in [2.05, 4.69) is 10.3 Å². The maximum atomic E-state index is 12.9. The lowest BCUT2D eigenvalue weighted by Crippen LogP contribution is -2.30. The second kappa shape index (κ2) is 10.2. The summed E-state index contributed by atoms with van der Waals surface area (Å²) in [6.45, 7) is 5.07. The lowest BCUT2D eigenvalue weighted by atomic mass is 10.2. The van der Waals surface area contributed by atoms with E-state index in [9.17, 15) is 18.0 Å². The van der Waals surface area contributed by atoms with E-state index < -0.39 is 10.0 Å². The highest BCUT2D eigenvalue weighted by Crippen LogP contribution is 2.29. The van der Waals surface area contributed by atoms with Gasteiger partial charge in [0.15, 0.2) is 0 Å². The van der Waals surface area contributed by atoms with Crippen molar-refractivity contribution in [3.05, 3.63) is 48.3 Å². The predicted molar refractivity (Wildman–Crippen MR) is 136 cm³/mol. The number of carbonyl (C=O) groups is 2. The van der Waals surface area contributed by atoms with Gasteiger partial charge < -0.3 is 14.8 Å². The summed E-state index contributed by atoms with van der Waals surface area (Å²) in [5, 5.41) is 2.93. The van der Waals surface area contributed by atoms with Crippen LogP contribution in [0.5, 0.6) is 0 Å². The van der Waals surface area contributed by atoms with E-state index in [1.54, 1.807) is 29.2 Å². The number of para-hydroxylation sites is 2. The molecule has 186 valence electrons. The van der Waals surface area contributed by atoms with Crippen molar-refractivity contribution >= 4 is 44.2 Å². The highest BCUT2D eigenvalue weighted by atomic mass is 32.2. The van der Waals surface area contributed by atoms with Crippen LogP contribution in [0.25, 0.3) is 11.0 Å². The Balaban J connectivity index is 1.49. The standard InChI is InChI=1S/C25H31N5O4S/c1-4-29(5-2)35(33,34)18-12-13-21-20(17-18)26-23(28(21)3)14-15-24(31)27-19-9-6-7-10-22(19)30-16-8-11-25(30)32/h6-7,9-10,12-13,17H,4-5,8,11,14-16H2,1-3H3,(H,27,31). The monoisotopic (exact) mass is 497 g/mol. The minimum absolute atomic E-state index is 0.0637. The lowest BCUT2D eigenvalue weighted by molar-refractivity contribution is -0.117. The fourth-order valence-electron chi connectivity index (χ4n) is 4.48. The highest BCUT2D eigenvalue weighted by Gasteiger charge is 2.25. The zero-order valence-electron chi connectivity index (χ0n) is 20.3. The van der Waals surface area contributed by atoms with Crippen LogP contribution in [0.15, 0.2) is 47.4 Å². The molecule has 1 aliphatic rings. The predicted octanol–water partition coefficient (Wildman–Crippen LogP) is 3.30. The number of sulfonamides is 1. The molecule has 1 fully saturated rings. The van der Waals surface area contributed by atoms with Gasteiger partial charge in [0, 0.05) is 45.9 Å². The number of hydrogen-bond acceptors (Lipinski definition) is 5. The van der Waals surface area contributed by atoms with Crippen molar-refractivity contribution in [2.24, 2.45) is 7.05 Å². The molecular weight excluding hydrogens is 466 g/mol. The number of amides is 2. The summed E-state index contributed by atoms with van der Waals surface area (Å²) in [4.78, 5) is 31.5. The third-order valence-electron chi connectivity index (χ3n) is 6.41. The Morgan fingerprint density at radius 1 is 1.14 bits per heavy atom. The zero-order valence-corrected chi connectivity index (χ0v) is 21.1. The van der Waals surface area contributed by atoms with Crippen LogP contribution in [0.1, 0.15) is 38.9 Å². The first-order chi connectivity index (χ1) is 16.8. The van der Waals surface area contributed by atoms with Crippen LogP contribution in [0.4, 0.5) is 11.4 Å². The topological polar surface area (TPSA) is 105 Å². The van der Waals surface area contributed by atoms with Crippen molar-refractivity contribution in [2.75, 3.05) is 29.9 Å². The van der Waals surface area contributed by atoms with Gasteiger partial charge in [0.2, 0.25) is 21.8 Å². The van der Waals surface area contributed by atoms with Crippen molar-refractivity contribution in [3.63, 3.8) is 0 Å². The number of anilines is 2. The summed E-state index contributed by atoms with van der Waals surface area (Å²) in [5.41, 5.74) is 2.71. The average Bonchev–Trinajstić information content (AvgIpc) is 3.41. The number of fused-ring (bicyclic) bond motifs is 1. The van der Waals surface area contributed by atoms with E-state index >= 15 is 0 Å². The molecule has 1 aromatic heterocycles. The van der Waals surface area contributed by atoms with Gasteiger partial charge in [-0.05, 0) is 36.8 Å². The maximum Gasteiger partial charge on any atom is 0.243 e. The fraction of sp³-hybridized carbons (Fsp3) is 0.400. The van der Waals surface area contributed by atoms with Gasteiger partial charge in [0.05, 0.1) is 27.3 Å². The van der Waals surface area contributed by atoms with E-state index in [4.69, 9.17) is 0 Å². The van der Waals surface area contributed by atoms with Gasteiger partial charge in [-0.15, -0.1) is 0 Å². The van der Waals surface area contributed by atoms with Gasteiger partial charge >= 0.3 is 0 Å². The van der Waals surface area contributed by atoms with Crippen molar-refractivity contribution in [1.82, 2.24) is 13.9 Å². The van der Waals surface area contributed by atoms with E-state index in [0.717, 1.165) is 11.9 Å². The summed E-state index contributed by atoms with van der Waals surface area (Å²) in [7, 11) is -1.72. The first-order valence-electron chi connectivity index (χ1n) is 11.9. The molecule has 0 spiro atoms. The van der Waals surface area contributed by atoms with Crippen LogP contribution < -0.4 is 10.2 Å². The number of imidazole rings is 1. The summed E-state index contributed by atoms with van der Waals surface area (Å²) in [6, 6.07) is 12.3. The fourth-order valence-corrected chi connectivity index (χ4v) is 5.96. The molecule has 0 unspecified atom stereocenters. The number of nitrogens with one attached hydrogen (secondary N) is 1. The SMILES string of the molecule is CCN(CC)S(=O)(=O)c1ccc2c(c1)nc(CCC(=O)Nc1ccccc1N1CCCC1=O)n2C. The maximum absolute atomic E-state index is 12.9. The largest absolute Gasteiger partial charge is 0.331 e. The molecule has 2 heterocycles. The molecule has 10 heteroatoms. The normalized spacial score (nSPS) is 14.3. The number of carbonyl (C=O) groups excluding carboxylic acids is 2. The Hall–Kier alpha value is -3.24. The Morgan fingerprint density at radius 2 is 1.89 bits per heavy atom. The van der Waals surface area contributed by atoms with Gasteiger partial charge in [-0.2, -0.15) is 4.31 Å². The van der Waals surface area contributed by atoms with E-state index in [1.165, 1.54) is 4.31 Å². The Labute approximate surface area is 205 Å². The summed E-state index contributed by atoms with van der Waals surface area (Å²) in [5.74, 6) is 0.574. The summed E-state index contributed by atoms with van der Waals surface area (Å²) < 4.78 is 29.0. The Bertz CT molecular complexity index is 1360. The van der Waals surface area contributed by atoms with E-state index in [0.29, 0.717) is 55.2 Å². The quantitative estimate of drug-likeness (QED) is 0.488. The van der Waals surface area contributed by atoms with Crippen molar-refractivity contribution in [3.8, 4) is 0 Å². The molecule has 1 saturated heterocycles. The van der Waals surface area contributed by atoms with Crippen LogP contribution in [-0.2, 0) is 33.1 Å². The second-order valence-corrected chi connectivity index (χ2v) is 10.5. The van der Waals surface area contributed by atoms with Crippen LogP contribution in [0.2, 0.25) is 0 Å². The van der Waals surface area contributed by atoms with Gasteiger partial charge in [0.25, 0.3) is 0 Å². The molecule has 9 nitrogen and oxygen atoms in total. The number of nitrogens with zero attached hydrogens (tertiary/aromatic N) is 4. The minimum atomic E-state index is -3.58. The first-order valence-corrected chi connectivity index (χ1v) is 13.3. The summed E-state index contributed by atoms with van der Waals surface area (Å²) in [6.07, 6.45) is 1.92. The smallest absolute Gasteiger partial charge is 0.243 e. The van der Waals surface area contributed by atoms with Crippen molar-refractivity contribution < 1.29 is 18.0 Å². The molecule has 1 N–H and O–H groups in total. The number of benzene rings is 2. The molecule has 2 aromatic carbocycles. The molecule has 3 aromatic rings. The van der Waals surface area contributed by atoms with E-state index in [1.807, 2.05) is 43.7 Å². The molecule has 2 amide bonds. The number of aryl methyl sites for hydroxylation is 2. The van der Waals surface area contributed by atoms with E-state index in [-0.39, 0.29) is 23.1 Å². The molecule has 1 aliphatic heterocycles.